The molecule has 9 aromatic rings. The molecule has 0 spiro atoms. The average molecular weight is 526 g/mol. The van der Waals surface area contributed by atoms with Crippen molar-refractivity contribution in [3.8, 4) is 33.4 Å². The Morgan fingerprint density at radius 1 is 0.415 bits per heavy atom. The summed E-state index contributed by atoms with van der Waals surface area (Å²) in [7, 11) is 0. The molecule has 0 aliphatic carbocycles. The molecule has 190 valence electrons. The summed E-state index contributed by atoms with van der Waals surface area (Å²) < 4.78 is 48.5. The minimum absolute atomic E-state index is 0.201. The highest BCUT2D eigenvalue weighted by molar-refractivity contribution is 6.29. The summed E-state index contributed by atoms with van der Waals surface area (Å²) in [4.78, 5) is 0. The first kappa shape index (κ1) is 18.0. The molecule has 8 aromatic carbocycles. The normalized spacial score (nSPS) is 13.6. The van der Waals surface area contributed by atoms with Crippen LogP contribution in [0.15, 0.2) is 150 Å². The maximum atomic E-state index is 8.70. The second kappa shape index (κ2) is 8.55. The minimum Gasteiger partial charge on any atom is -0.456 e. The fourth-order valence-corrected chi connectivity index (χ4v) is 6.58. The summed E-state index contributed by atoms with van der Waals surface area (Å²) >= 11 is 0. The zero-order valence-corrected chi connectivity index (χ0v) is 21.9. The summed E-state index contributed by atoms with van der Waals surface area (Å²) in [6.07, 6.45) is 0. The van der Waals surface area contributed by atoms with E-state index in [4.69, 9.17) is 11.3 Å². The number of hydrogen-bond acceptors (Lipinski definition) is 1. The first-order chi connectivity index (χ1) is 22.4. The zero-order valence-electron chi connectivity index (χ0n) is 26.9. The third kappa shape index (κ3) is 3.24. The Labute approximate surface area is 244 Å². The second-order valence-electron chi connectivity index (χ2n) is 10.5. The predicted molar refractivity (Wildman–Crippen MR) is 174 cm³/mol. The number of furan rings is 1. The van der Waals surface area contributed by atoms with Crippen molar-refractivity contribution in [2.75, 3.05) is 0 Å². The number of para-hydroxylation sites is 1. The van der Waals surface area contributed by atoms with Crippen molar-refractivity contribution in [3.05, 3.63) is 145 Å². The molecule has 9 rings (SSSR count). The predicted octanol–water partition coefficient (Wildman–Crippen LogP) is 11.5. The molecule has 0 atom stereocenters. The minimum atomic E-state index is -0.392. The molecule has 0 N–H and O–H groups in total. The van der Waals surface area contributed by atoms with Crippen LogP contribution < -0.4 is 0 Å². The Balaban J connectivity index is 1.42. The maximum absolute atomic E-state index is 8.70. The Bertz CT molecular complexity index is 2660. The highest BCUT2D eigenvalue weighted by atomic mass is 16.3. The number of hydrogen-bond donors (Lipinski definition) is 0. The molecule has 1 nitrogen and oxygen atoms in total. The first-order valence-corrected chi connectivity index (χ1v) is 13.7. The van der Waals surface area contributed by atoms with E-state index in [1.807, 2.05) is 42.5 Å². The zero-order chi connectivity index (χ0) is 31.3. The van der Waals surface area contributed by atoms with Crippen molar-refractivity contribution in [3.63, 3.8) is 0 Å². The molecule has 1 heterocycles. The van der Waals surface area contributed by atoms with Gasteiger partial charge in [0.2, 0.25) is 0 Å². The molecule has 0 aliphatic rings. The van der Waals surface area contributed by atoms with Crippen LogP contribution in [-0.2, 0) is 0 Å². The van der Waals surface area contributed by atoms with Gasteiger partial charge < -0.3 is 4.42 Å². The van der Waals surface area contributed by atoms with Crippen molar-refractivity contribution in [1.82, 2.24) is 0 Å². The highest BCUT2D eigenvalue weighted by Gasteiger charge is 2.21. The first-order valence-electron chi connectivity index (χ1n) is 16.2. The Kier molecular flexibility index (Phi) is 3.76. The fraction of sp³-hybridized carbons (Fsp3) is 0. The standard InChI is InChI=1S/C40H24O/c1-3-9-25(10-4-1)29-19-15-27-17-21-32-33(22-18-28-16-20-31(29)37(27)38(28)32)39-30(26-11-5-2-6-12-26)23-24-36-40(39)34-13-7-8-14-35(34)41-36/h1-24H/i1D,3D,4D,9D,10D. The number of benzene rings is 8. The van der Waals surface area contributed by atoms with E-state index in [1.54, 1.807) is 0 Å². The van der Waals surface area contributed by atoms with Gasteiger partial charge in [-0.25, -0.2) is 0 Å². The van der Waals surface area contributed by atoms with E-state index in [-0.39, 0.29) is 29.7 Å². The summed E-state index contributed by atoms with van der Waals surface area (Å²) in [5.41, 5.74) is 6.88. The molecular formula is C40H24O. The van der Waals surface area contributed by atoms with Gasteiger partial charge in [-0.05, 0) is 72.3 Å². The number of rotatable bonds is 3. The lowest BCUT2D eigenvalue weighted by Gasteiger charge is -2.18. The largest absolute Gasteiger partial charge is 0.456 e. The molecule has 0 radical (unpaired) electrons. The average Bonchev–Trinajstić information content (AvgIpc) is 3.48. The van der Waals surface area contributed by atoms with Gasteiger partial charge in [0, 0.05) is 16.3 Å². The molecule has 0 aliphatic heterocycles. The molecule has 0 amide bonds. The topological polar surface area (TPSA) is 13.1 Å². The molecular weight excluding hydrogens is 496 g/mol. The van der Waals surface area contributed by atoms with Crippen LogP contribution in [0.1, 0.15) is 6.85 Å². The molecule has 41 heavy (non-hydrogen) atoms. The van der Waals surface area contributed by atoms with Crippen LogP contribution in [0.5, 0.6) is 0 Å². The van der Waals surface area contributed by atoms with E-state index in [2.05, 4.69) is 72.8 Å². The summed E-state index contributed by atoms with van der Waals surface area (Å²) in [6, 6.07) is 37.9. The van der Waals surface area contributed by atoms with Crippen molar-refractivity contribution < 1.29 is 11.3 Å². The van der Waals surface area contributed by atoms with Gasteiger partial charge in [0.1, 0.15) is 11.2 Å². The second-order valence-corrected chi connectivity index (χ2v) is 10.5. The van der Waals surface area contributed by atoms with E-state index in [0.717, 1.165) is 76.5 Å². The van der Waals surface area contributed by atoms with E-state index in [1.165, 1.54) is 0 Å². The van der Waals surface area contributed by atoms with Gasteiger partial charge in [0.15, 0.2) is 0 Å². The SMILES string of the molecule is [2H]c1c([2H])c([2H])c(-c2ccc3ccc4c(-c5c(-c6ccccc6)ccc6oc7ccccc7c56)ccc5ccc2c3c54)c([2H])c1[2H]. The van der Waals surface area contributed by atoms with Gasteiger partial charge >= 0.3 is 0 Å². The lowest BCUT2D eigenvalue weighted by atomic mass is 9.84. The fourth-order valence-electron chi connectivity index (χ4n) is 6.58. The van der Waals surface area contributed by atoms with Crippen molar-refractivity contribution in [2.24, 2.45) is 0 Å². The van der Waals surface area contributed by atoms with Gasteiger partial charge in [-0.3, -0.25) is 0 Å². The molecule has 0 fully saturated rings. The third-order valence-electron chi connectivity index (χ3n) is 8.33. The quantitative estimate of drug-likeness (QED) is 0.209. The van der Waals surface area contributed by atoms with Crippen molar-refractivity contribution in [1.29, 1.82) is 0 Å². The Morgan fingerprint density at radius 2 is 1.05 bits per heavy atom. The summed E-state index contributed by atoms with van der Waals surface area (Å²) in [6.45, 7) is 0. The third-order valence-corrected chi connectivity index (χ3v) is 8.33. The molecule has 1 aromatic heterocycles. The number of fused-ring (bicyclic) bond motifs is 3. The molecule has 0 saturated carbocycles. The van der Waals surface area contributed by atoms with E-state index >= 15 is 0 Å². The summed E-state index contributed by atoms with van der Waals surface area (Å²) in [5.74, 6) is 0. The van der Waals surface area contributed by atoms with Gasteiger partial charge in [-0.15, -0.1) is 0 Å². The van der Waals surface area contributed by atoms with Gasteiger partial charge in [0.05, 0.1) is 6.85 Å². The molecule has 0 saturated heterocycles. The van der Waals surface area contributed by atoms with E-state index in [9.17, 15) is 0 Å². The van der Waals surface area contributed by atoms with Gasteiger partial charge in [0.25, 0.3) is 0 Å². The van der Waals surface area contributed by atoms with Gasteiger partial charge in [-0.2, -0.15) is 0 Å². The summed E-state index contributed by atoms with van der Waals surface area (Å²) in [5, 5.41) is 8.21. The Morgan fingerprint density at radius 3 is 1.83 bits per heavy atom. The van der Waals surface area contributed by atoms with Crippen LogP contribution in [0.3, 0.4) is 0 Å². The maximum Gasteiger partial charge on any atom is 0.136 e. The smallest absolute Gasteiger partial charge is 0.136 e. The highest BCUT2D eigenvalue weighted by Crippen LogP contribution is 2.47. The monoisotopic (exact) mass is 525 g/mol. The van der Waals surface area contributed by atoms with Gasteiger partial charge in [-0.1, -0.05) is 133 Å². The van der Waals surface area contributed by atoms with Crippen LogP contribution in [0.4, 0.5) is 0 Å². The van der Waals surface area contributed by atoms with E-state index < -0.39 is 6.04 Å². The van der Waals surface area contributed by atoms with Crippen molar-refractivity contribution >= 4 is 54.3 Å². The van der Waals surface area contributed by atoms with E-state index in [0.29, 0.717) is 5.56 Å². The lowest BCUT2D eigenvalue weighted by molar-refractivity contribution is 0.669. The molecule has 0 unspecified atom stereocenters. The van der Waals surface area contributed by atoms with Crippen LogP contribution >= 0.6 is 0 Å². The molecule has 1 heteroatoms. The van der Waals surface area contributed by atoms with Crippen molar-refractivity contribution in [2.45, 2.75) is 0 Å². The van der Waals surface area contributed by atoms with Crippen LogP contribution in [0.2, 0.25) is 0 Å². The lowest BCUT2D eigenvalue weighted by Crippen LogP contribution is -1.92. The Hall–Kier alpha value is -5.40. The van der Waals surface area contributed by atoms with Crippen LogP contribution in [-0.4, -0.2) is 0 Å². The van der Waals surface area contributed by atoms with Crippen LogP contribution in [0.25, 0.3) is 87.6 Å². The molecule has 0 bridgehead atoms. The van der Waals surface area contributed by atoms with Crippen LogP contribution in [0, 0.1) is 0 Å².